The monoisotopic (exact) mass is 1650 g/mol. The second-order valence-electron chi connectivity index (χ2n) is 39.9. The van der Waals surface area contributed by atoms with Gasteiger partial charge in [-0.3, -0.25) is 34.3 Å². The van der Waals surface area contributed by atoms with Gasteiger partial charge in [-0.2, -0.15) is 4.57 Å². The Bertz CT molecular complexity index is 4420. The Morgan fingerprint density at radius 1 is 0.350 bits per heavy atom. The average Bonchev–Trinajstić information content (AvgIpc) is 1.61. The number of aromatic nitrogens is 11. The number of hydrogen-bond donors (Lipinski definition) is 1. The number of anilines is 1. The highest BCUT2D eigenvalue weighted by molar-refractivity contribution is 5.30. The Hall–Kier alpha value is -7.06. The smallest absolute Gasteiger partial charge is 0.296 e. The predicted octanol–water partition coefficient (Wildman–Crippen LogP) is 16.6. The van der Waals surface area contributed by atoms with Gasteiger partial charge in [-0.15, -0.1) is 0 Å². The lowest BCUT2D eigenvalue weighted by molar-refractivity contribution is -0.724. The van der Waals surface area contributed by atoms with Gasteiger partial charge in [0.2, 0.25) is 6.33 Å². The summed E-state index contributed by atoms with van der Waals surface area (Å²) in [5, 5.41) is 0. The molecule has 0 bridgehead atoms. The number of H-pyrrole nitrogens is 2. The molecule has 16 rings (SSSR count). The molecule has 18 heteroatoms. The molecule has 0 amide bonds. The van der Waals surface area contributed by atoms with Gasteiger partial charge in [-0.05, 0) is 254 Å². The quantitative estimate of drug-likeness (QED) is 0.102. The molecular formula is C102H172N18+8. The van der Waals surface area contributed by atoms with Crippen LogP contribution in [0.25, 0.3) is 0 Å². The number of hydrogen-bond acceptors (Lipinski definition) is 7. The Balaban J connectivity index is 0.000000156. The zero-order valence-electron chi connectivity index (χ0n) is 81.5. The van der Waals surface area contributed by atoms with Crippen LogP contribution in [-0.4, -0.2) is 125 Å². The lowest BCUT2D eigenvalue weighted by Crippen LogP contribution is -2.51. The van der Waals surface area contributed by atoms with E-state index in [-0.39, 0.29) is 0 Å². The summed E-state index contributed by atoms with van der Waals surface area (Å²) in [5.41, 5.74) is 18.1. The van der Waals surface area contributed by atoms with Crippen molar-refractivity contribution in [3.63, 3.8) is 0 Å². The molecule has 15 heterocycles. The standard InChI is InChI=1S/3C14H23N2.C13H21N2.2C12H22N3.C12H20N2.C11H16N2/c1-11(2)15-7-5-14-10-16(12(3)4)8-6-13(14)9-15;1-11(2)15-7-5-13-6-8-16(12(3)4)10-14(13)9-15;1-11(2)15-9-7-13-6-5-8-16(12(3)4)14(13)10-15;1-10(2)14-6-5-12-7-15(11(3)4)9-13(12)8-14;1-10(2)14-6-5-13-7-8-15(11(3)4)12(13)9-14;1-10(2)14-7-5-6-13-8-9-15(11(3)4)12(13)14;1-8(2)10-5-6-11-12(10)13-7-14(11)9(3)4;1-9(2)13-7-5-11-10(8-13)4-3-6-12-11/h2*5,7,9,11-12H,6,8,10H2,1-4H3;5-6,8,11-12H,7,9-10H2,1-4H3;5-6,8,10-11H,7,9H2,1-4H3;7-8,10-11H,5-6,9H2,1-4H3;8-11H,5-7H2,1-4H3;7-10H,5-6H2,1-4H3;3-4,6,9H,5,7-8H2,1-2H3/q6*+1;;/p+2. The molecule has 120 heavy (non-hydrogen) atoms. The summed E-state index contributed by atoms with van der Waals surface area (Å²) in [4.78, 5) is 24.5. The summed E-state index contributed by atoms with van der Waals surface area (Å²) in [7, 11) is 0. The normalized spacial score (nSPS) is 17.3. The number of aromatic amines is 2. The molecule has 0 saturated heterocycles. The van der Waals surface area contributed by atoms with Gasteiger partial charge in [0.25, 0.3) is 5.82 Å². The van der Waals surface area contributed by atoms with E-state index in [9.17, 15) is 0 Å². The minimum absolute atomic E-state index is 0.542. The van der Waals surface area contributed by atoms with Crippen LogP contribution in [0.2, 0.25) is 0 Å². The predicted molar refractivity (Wildman–Crippen MR) is 492 cm³/mol. The molecule has 0 spiro atoms. The number of imidazole rings is 3. The lowest BCUT2D eigenvalue weighted by Gasteiger charge is -2.31. The van der Waals surface area contributed by atoms with Crippen LogP contribution >= 0.6 is 0 Å². The maximum absolute atomic E-state index is 3.46. The van der Waals surface area contributed by atoms with Crippen molar-refractivity contribution in [1.29, 1.82) is 0 Å². The van der Waals surface area contributed by atoms with E-state index in [0.29, 0.717) is 84.6 Å². The van der Waals surface area contributed by atoms with Crippen molar-refractivity contribution in [3.05, 3.63) is 196 Å². The van der Waals surface area contributed by atoms with Crippen LogP contribution in [0.4, 0.5) is 5.95 Å². The lowest BCUT2D eigenvalue weighted by atomic mass is 9.94. The van der Waals surface area contributed by atoms with Crippen molar-refractivity contribution >= 4 is 5.95 Å². The van der Waals surface area contributed by atoms with Gasteiger partial charge in [0.05, 0.1) is 56.2 Å². The molecule has 0 fully saturated rings. The maximum Gasteiger partial charge on any atom is 0.360 e. The Morgan fingerprint density at radius 2 is 0.808 bits per heavy atom. The summed E-state index contributed by atoms with van der Waals surface area (Å²) in [5.74, 6) is 4.34. The van der Waals surface area contributed by atoms with Crippen molar-refractivity contribution in [3.8, 4) is 0 Å². The van der Waals surface area contributed by atoms with E-state index in [0.717, 1.165) is 77.2 Å². The van der Waals surface area contributed by atoms with E-state index in [1.165, 1.54) is 151 Å². The third kappa shape index (κ3) is 25.8. The Labute approximate surface area is 730 Å². The molecule has 0 saturated carbocycles. The largest absolute Gasteiger partial charge is 0.360 e. The van der Waals surface area contributed by atoms with Gasteiger partial charge in [-0.1, -0.05) is 13.8 Å². The molecule has 7 aliphatic heterocycles. The van der Waals surface area contributed by atoms with E-state index in [4.69, 9.17) is 0 Å². The van der Waals surface area contributed by atoms with E-state index >= 15 is 0 Å². The highest BCUT2D eigenvalue weighted by Gasteiger charge is 2.37. The van der Waals surface area contributed by atoms with Crippen LogP contribution < -0.4 is 41.9 Å². The maximum atomic E-state index is 3.46. The number of nitrogens with one attached hydrogen (secondary N) is 2. The molecule has 8 aliphatic rings. The van der Waals surface area contributed by atoms with Gasteiger partial charge < -0.3 is 0 Å². The van der Waals surface area contributed by atoms with Gasteiger partial charge in [0.1, 0.15) is 36.9 Å². The van der Waals surface area contributed by atoms with Gasteiger partial charge in [0.15, 0.2) is 85.1 Å². The molecule has 8 aromatic heterocycles. The number of aryl methyl sites for hydroxylation is 1. The first kappa shape index (κ1) is 96.8. The van der Waals surface area contributed by atoms with Crippen LogP contribution in [-0.2, 0) is 91.0 Å². The van der Waals surface area contributed by atoms with Crippen molar-refractivity contribution in [1.82, 2.24) is 43.5 Å². The molecule has 1 unspecified atom stereocenters. The minimum Gasteiger partial charge on any atom is -0.296 e. The SMILES string of the molecule is CC(C)C1CCc2c1[nH]c[n+]2C(C)C.CC(C)N1CCC[n+]2ccn(C(C)C)c21.CC(C)N1CC[n+]2ccn(C(C)C)c2C1.CC(C)N1CCc2[nH+]cccc2C1.CC(C)N1CCc2c[n+](C(C)C)ccc2C1.CC(C)N1CCc2cc[n+](C(C)C)cc2C1.CC(C)N1CCc2ccc[n+](C(C)C)c2C1.CC(C)N1Cc2cc[n+](C(C)C)cc2C1. The molecule has 662 valence electrons. The molecule has 1 atom stereocenters. The topological polar surface area (TPSA) is 89.6 Å². The molecule has 8 aromatic rings. The summed E-state index contributed by atoms with van der Waals surface area (Å²) in [6.07, 6.45) is 37.4. The van der Waals surface area contributed by atoms with Gasteiger partial charge in [-0.25, -0.2) is 46.5 Å². The highest BCUT2D eigenvalue weighted by Crippen LogP contribution is 2.36. The van der Waals surface area contributed by atoms with E-state index in [2.05, 4.69) is 410 Å². The van der Waals surface area contributed by atoms with E-state index in [1.807, 2.05) is 6.20 Å². The zero-order chi connectivity index (χ0) is 87.7. The van der Waals surface area contributed by atoms with Crippen LogP contribution in [0, 0.1) is 5.92 Å². The zero-order valence-corrected chi connectivity index (χ0v) is 81.5. The summed E-state index contributed by atoms with van der Waals surface area (Å²) < 4.78 is 21.2. The van der Waals surface area contributed by atoms with Crippen molar-refractivity contribution in [2.45, 2.75) is 402 Å². The fourth-order valence-electron chi connectivity index (χ4n) is 18.2. The first-order chi connectivity index (χ1) is 56.9. The minimum atomic E-state index is 0.542. The van der Waals surface area contributed by atoms with E-state index in [1.54, 1.807) is 5.69 Å². The summed E-state index contributed by atoms with van der Waals surface area (Å²) >= 11 is 0. The molecule has 0 radical (unpaired) electrons. The average molecular weight is 1650 g/mol. The van der Waals surface area contributed by atoms with Crippen LogP contribution in [0.3, 0.4) is 0 Å². The van der Waals surface area contributed by atoms with Gasteiger partial charge >= 0.3 is 5.95 Å². The molecule has 2 N–H and O–H groups in total. The highest BCUT2D eigenvalue weighted by atomic mass is 15.4. The van der Waals surface area contributed by atoms with E-state index < -0.39 is 0 Å². The van der Waals surface area contributed by atoms with Gasteiger partial charge in [0, 0.05) is 185 Å². The third-order valence-electron chi connectivity index (χ3n) is 26.5. The molecular weight excluding hydrogens is 1480 g/mol. The first-order valence-corrected chi connectivity index (χ1v) is 47.5. The number of pyridine rings is 5. The number of rotatable bonds is 15. The Morgan fingerprint density at radius 3 is 1.35 bits per heavy atom. The second kappa shape index (κ2) is 45.0. The van der Waals surface area contributed by atoms with Crippen LogP contribution in [0.1, 0.15) is 342 Å². The number of fused-ring (bicyclic) bond motifs is 8. The second-order valence-corrected chi connectivity index (χ2v) is 39.9. The fraction of sp³-hybridized carbons (Fsp3) is 0.667. The molecule has 0 aromatic carbocycles. The van der Waals surface area contributed by atoms with Crippen LogP contribution in [0.5, 0.6) is 0 Å². The summed E-state index contributed by atoms with van der Waals surface area (Å²) in [6.45, 7) is 85.1. The van der Waals surface area contributed by atoms with Crippen molar-refractivity contribution in [2.24, 2.45) is 5.92 Å². The summed E-state index contributed by atoms with van der Waals surface area (Å²) in [6, 6.07) is 24.1. The van der Waals surface area contributed by atoms with Crippen molar-refractivity contribution in [2.75, 3.05) is 44.2 Å². The Kier molecular flexibility index (Phi) is 36.3. The molecule has 18 nitrogen and oxygen atoms in total. The fourth-order valence-corrected chi connectivity index (χ4v) is 18.2. The van der Waals surface area contributed by atoms with Crippen LogP contribution in [0.15, 0.2) is 123 Å². The van der Waals surface area contributed by atoms with Crippen molar-refractivity contribution < 1.29 is 37.0 Å². The number of nitrogens with zero attached hydrogens (tertiary/aromatic N) is 16. The molecule has 1 aliphatic carbocycles. The third-order valence-corrected chi connectivity index (χ3v) is 26.5. The first-order valence-electron chi connectivity index (χ1n) is 47.5.